The maximum absolute atomic E-state index is 12.5. The third kappa shape index (κ3) is 5.26. The number of aliphatic carboxylic acids is 1. The minimum atomic E-state index is -2.00. The summed E-state index contributed by atoms with van der Waals surface area (Å²) < 4.78 is 5.34. The number of nitrogens with zero attached hydrogens (tertiary/aromatic N) is 1. The first-order valence-electron chi connectivity index (χ1n) is 9.98. The van der Waals surface area contributed by atoms with E-state index < -0.39 is 35.4 Å². The van der Waals surface area contributed by atoms with Crippen molar-refractivity contribution in [3.63, 3.8) is 0 Å². The Morgan fingerprint density at radius 3 is 2.42 bits per heavy atom. The molecule has 0 bridgehead atoms. The maximum Gasteiger partial charge on any atom is 0.339 e. The van der Waals surface area contributed by atoms with Gasteiger partial charge in [-0.15, -0.1) is 0 Å². The van der Waals surface area contributed by atoms with E-state index in [2.05, 4.69) is 10.3 Å². The van der Waals surface area contributed by atoms with Crippen molar-refractivity contribution in [1.29, 1.82) is 0 Å². The Kier molecular flexibility index (Phi) is 6.95. The van der Waals surface area contributed by atoms with Crippen LogP contribution in [0.4, 0.5) is 5.69 Å². The van der Waals surface area contributed by atoms with Crippen LogP contribution in [0.25, 0.3) is 5.57 Å². The van der Waals surface area contributed by atoms with E-state index >= 15 is 0 Å². The molecule has 33 heavy (non-hydrogen) atoms. The third-order valence-corrected chi connectivity index (χ3v) is 5.40. The monoisotopic (exact) mass is 488 g/mol. The summed E-state index contributed by atoms with van der Waals surface area (Å²) in [5.41, 5.74) is -2.17. The number of ether oxygens (including phenoxy) is 1. The lowest BCUT2D eigenvalue weighted by Crippen LogP contribution is -2.44. The quantitative estimate of drug-likeness (QED) is 0.478. The lowest BCUT2D eigenvalue weighted by atomic mass is 9.90. The van der Waals surface area contributed by atoms with Crippen LogP contribution < -0.4 is 15.9 Å². The van der Waals surface area contributed by atoms with Crippen molar-refractivity contribution in [2.45, 2.75) is 26.3 Å². The van der Waals surface area contributed by atoms with E-state index in [9.17, 15) is 19.5 Å². The number of nitrogens with one attached hydrogen (secondary N) is 1. The number of fused-ring (bicyclic) bond motifs is 1. The summed E-state index contributed by atoms with van der Waals surface area (Å²) in [6.45, 7) is 4.37. The highest BCUT2D eigenvalue weighted by Gasteiger charge is 2.47. The van der Waals surface area contributed by atoms with Crippen molar-refractivity contribution in [1.82, 2.24) is 0 Å². The summed E-state index contributed by atoms with van der Waals surface area (Å²) >= 11 is 12.5. The van der Waals surface area contributed by atoms with Crippen molar-refractivity contribution in [2.75, 3.05) is 11.9 Å². The molecule has 1 amide bonds. The minimum Gasteiger partial charge on any atom is -0.479 e. The fourth-order valence-corrected chi connectivity index (χ4v) is 3.78. The van der Waals surface area contributed by atoms with E-state index in [0.717, 1.165) is 0 Å². The van der Waals surface area contributed by atoms with Gasteiger partial charge in [0.1, 0.15) is 6.61 Å². The van der Waals surface area contributed by atoms with Crippen LogP contribution in [0.1, 0.15) is 20.8 Å². The number of hydrogen-bond donors (Lipinski definition) is 2. The Hall–Kier alpha value is -3.16. The third-order valence-electron chi connectivity index (χ3n) is 4.88. The van der Waals surface area contributed by atoms with Crippen LogP contribution in [0.5, 0.6) is 0 Å². The second-order valence-corrected chi connectivity index (χ2v) is 9.33. The zero-order chi connectivity index (χ0) is 24.4. The summed E-state index contributed by atoms with van der Waals surface area (Å²) in [5.74, 6) is -2.45. The lowest BCUT2D eigenvalue weighted by Gasteiger charge is -2.26. The number of rotatable bonds is 6. The number of amides is 1. The molecule has 2 aromatic carbocycles. The highest BCUT2D eigenvalue weighted by Crippen LogP contribution is 2.30. The van der Waals surface area contributed by atoms with Gasteiger partial charge in [0.15, 0.2) is 0 Å². The number of esters is 1. The SMILES string of the molecule is CC(C)(C)C(=O)OCC1(C(=O)O)N=c2cc(Cl)cc(Cl)c2=C1/C=C/C(=O)Nc1ccccc1. The molecule has 0 spiro atoms. The fourth-order valence-electron chi connectivity index (χ4n) is 3.19. The Labute approximate surface area is 200 Å². The maximum atomic E-state index is 12.5. The molecule has 0 radical (unpaired) electrons. The van der Waals surface area contributed by atoms with Gasteiger partial charge in [0.2, 0.25) is 11.4 Å². The Morgan fingerprint density at radius 2 is 1.82 bits per heavy atom. The van der Waals surface area contributed by atoms with Gasteiger partial charge in [-0.2, -0.15) is 0 Å². The minimum absolute atomic E-state index is 0.108. The average Bonchev–Trinajstić information content (AvgIpc) is 3.05. The molecule has 2 aromatic rings. The van der Waals surface area contributed by atoms with Gasteiger partial charge in [-0.1, -0.05) is 41.4 Å². The molecule has 1 aliphatic rings. The largest absolute Gasteiger partial charge is 0.479 e. The second kappa shape index (κ2) is 9.37. The molecule has 172 valence electrons. The number of carboxylic acid groups (broad SMARTS) is 1. The van der Waals surface area contributed by atoms with E-state index in [1.807, 2.05) is 6.07 Å². The first-order chi connectivity index (χ1) is 15.4. The molecule has 0 saturated heterocycles. The van der Waals surface area contributed by atoms with Gasteiger partial charge in [0, 0.05) is 27.6 Å². The number of carbonyl (C=O) groups excluding carboxylic acids is 2. The van der Waals surface area contributed by atoms with Gasteiger partial charge in [-0.25, -0.2) is 4.79 Å². The Morgan fingerprint density at radius 1 is 1.15 bits per heavy atom. The van der Waals surface area contributed by atoms with Crippen LogP contribution >= 0.6 is 23.2 Å². The first-order valence-corrected chi connectivity index (χ1v) is 10.7. The van der Waals surface area contributed by atoms with Gasteiger partial charge in [0.25, 0.3) is 0 Å². The predicted octanol–water partition coefficient (Wildman–Crippen LogP) is 3.38. The van der Waals surface area contributed by atoms with Crippen LogP contribution in [0.3, 0.4) is 0 Å². The van der Waals surface area contributed by atoms with Crippen molar-refractivity contribution >= 4 is 52.3 Å². The van der Waals surface area contributed by atoms with Crippen LogP contribution in [-0.2, 0) is 19.1 Å². The van der Waals surface area contributed by atoms with Crippen molar-refractivity contribution in [2.24, 2.45) is 10.4 Å². The molecule has 1 heterocycles. The predicted molar refractivity (Wildman–Crippen MR) is 126 cm³/mol. The van der Waals surface area contributed by atoms with Gasteiger partial charge >= 0.3 is 11.9 Å². The van der Waals surface area contributed by atoms with Gasteiger partial charge in [-0.3, -0.25) is 14.6 Å². The number of carboxylic acids is 1. The Bertz CT molecular complexity index is 1270. The van der Waals surface area contributed by atoms with Crippen LogP contribution in [-0.4, -0.2) is 35.1 Å². The number of carbonyl (C=O) groups is 3. The topological polar surface area (TPSA) is 105 Å². The highest BCUT2D eigenvalue weighted by molar-refractivity contribution is 6.34. The molecule has 0 aliphatic carbocycles. The molecule has 0 saturated carbocycles. The number of para-hydroxylation sites is 1. The van der Waals surface area contributed by atoms with Crippen molar-refractivity contribution in [3.05, 3.63) is 75.2 Å². The zero-order valence-corrected chi connectivity index (χ0v) is 19.7. The normalized spacial score (nSPS) is 17.4. The van der Waals surface area contributed by atoms with Crippen LogP contribution in [0.2, 0.25) is 10.0 Å². The number of benzene rings is 2. The molecule has 1 aliphatic heterocycles. The first kappa shape index (κ1) is 24.5. The number of halogens is 2. The van der Waals surface area contributed by atoms with E-state index in [1.54, 1.807) is 45.0 Å². The molecule has 7 nitrogen and oxygen atoms in total. The molecular weight excluding hydrogens is 467 g/mol. The molecule has 0 fully saturated rings. The lowest BCUT2D eigenvalue weighted by molar-refractivity contribution is -0.157. The van der Waals surface area contributed by atoms with Crippen molar-refractivity contribution < 1.29 is 24.2 Å². The van der Waals surface area contributed by atoms with Crippen molar-refractivity contribution in [3.8, 4) is 0 Å². The smallest absolute Gasteiger partial charge is 0.339 e. The van der Waals surface area contributed by atoms with E-state index in [1.165, 1.54) is 24.3 Å². The standard InChI is InChI=1S/C24H22Cl2N2O5/c1-23(2,3)22(32)33-13-24(21(30)31)16(20-17(26)11-14(25)12-18(20)28-24)9-10-19(29)27-15-7-5-4-6-8-15/h4-12H,13H2,1-3H3,(H,27,29)(H,30,31)/b10-9+. The summed E-state index contributed by atoms with van der Waals surface area (Å²) in [6.07, 6.45) is 2.51. The summed E-state index contributed by atoms with van der Waals surface area (Å²) in [7, 11) is 0. The molecule has 1 unspecified atom stereocenters. The molecular formula is C24H22Cl2N2O5. The van der Waals surface area contributed by atoms with Gasteiger partial charge in [-0.05, 0) is 51.1 Å². The van der Waals surface area contributed by atoms with Gasteiger partial charge < -0.3 is 15.2 Å². The molecule has 0 aromatic heterocycles. The molecule has 9 heteroatoms. The Balaban J connectivity index is 2.07. The van der Waals surface area contributed by atoms with E-state index in [4.69, 9.17) is 27.9 Å². The number of hydrogen-bond acceptors (Lipinski definition) is 5. The fraction of sp³-hybridized carbons (Fsp3) is 0.250. The van der Waals surface area contributed by atoms with E-state index in [-0.39, 0.29) is 21.0 Å². The summed E-state index contributed by atoms with van der Waals surface area (Å²) in [6, 6.07) is 11.7. The van der Waals surface area contributed by atoms with Crippen LogP contribution in [0.15, 0.2) is 59.6 Å². The van der Waals surface area contributed by atoms with Gasteiger partial charge in [0.05, 0.1) is 15.8 Å². The highest BCUT2D eigenvalue weighted by atomic mass is 35.5. The molecule has 3 rings (SSSR count). The summed E-state index contributed by atoms with van der Waals surface area (Å²) in [4.78, 5) is 41.6. The second-order valence-electron chi connectivity index (χ2n) is 8.49. The molecule has 1 atom stereocenters. The van der Waals surface area contributed by atoms with Crippen LogP contribution in [0, 0.1) is 5.41 Å². The average molecular weight is 489 g/mol. The summed E-state index contributed by atoms with van der Waals surface area (Å²) in [5, 5.41) is 13.8. The number of anilines is 1. The zero-order valence-electron chi connectivity index (χ0n) is 18.2. The van der Waals surface area contributed by atoms with E-state index in [0.29, 0.717) is 10.9 Å². The molecule has 2 N–H and O–H groups in total.